The molecule has 6 heteroatoms. The van der Waals surface area contributed by atoms with E-state index < -0.39 is 23.6 Å². The summed E-state index contributed by atoms with van der Waals surface area (Å²) in [7, 11) is 0. The molecule has 1 fully saturated rings. The van der Waals surface area contributed by atoms with Gasteiger partial charge in [-0.05, 0) is 40.5 Å². The van der Waals surface area contributed by atoms with Crippen LogP contribution in [0.5, 0.6) is 0 Å². The van der Waals surface area contributed by atoms with E-state index in [2.05, 4.69) is 15.9 Å². The first-order chi connectivity index (χ1) is 8.00. The summed E-state index contributed by atoms with van der Waals surface area (Å²) in [6.45, 7) is 0.290. The van der Waals surface area contributed by atoms with Crippen LogP contribution < -0.4 is 4.90 Å². The zero-order valence-corrected chi connectivity index (χ0v) is 10.3. The summed E-state index contributed by atoms with van der Waals surface area (Å²) in [6.07, 6.45) is 0.247. The lowest BCUT2D eigenvalue weighted by Gasteiger charge is -2.17. The number of hydrogen-bond acceptors (Lipinski definition) is 2. The van der Waals surface area contributed by atoms with Crippen molar-refractivity contribution < 1.29 is 19.1 Å². The number of nitrogens with zero attached hydrogens (tertiary/aromatic N) is 1. The molecule has 4 nitrogen and oxygen atoms in total. The average Bonchev–Trinajstić information content (AvgIpc) is 2.64. The third-order valence-corrected chi connectivity index (χ3v) is 3.37. The number of carbonyl (C=O) groups excluding carboxylic acids is 1. The molecule has 1 atom stereocenters. The van der Waals surface area contributed by atoms with Crippen LogP contribution in [0.15, 0.2) is 22.7 Å². The van der Waals surface area contributed by atoms with Crippen molar-refractivity contribution in [2.45, 2.75) is 6.42 Å². The Hall–Kier alpha value is -1.43. The Morgan fingerprint density at radius 3 is 2.82 bits per heavy atom. The highest BCUT2D eigenvalue weighted by molar-refractivity contribution is 9.10. The molecule has 0 bridgehead atoms. The number of carbonyl (C=O) groups is 2. The SMILES string of the molecule is O=C(O)C1CCN(c2cc(F)ccc2Br)C1=O. The van der Waals surface area contributed by atoms with Crippen LogP contribution in [0.1, 0.15) is 6.42 Å². The Kier molecular flexibility index (Phi) is 3.15. The first kappa shape index (κ1) is 12.0. The van der Waals surface area contributed by atoms with E-state index in [9.17, 15) is 14.0 Å². The number of aliphatic carboxylic acids is 1. The van der Waals surface area contributed by atoms with Gasteiger partial charge in [0.2, 0.25) is 5.91 Å². The van der Waals surface area contributed by atoms with Gasteiger partial charge in [0.1, 0.15) is 11.7 Å². The van der Waals surface area contributed by atoms with Crippen LogP contribution in [-0.2, 0) is 9.59 Å². The first-order valence-electron chi connectivity index (χ1n) is 5.00. The molecule has 1 unspecified atom stereocenters. The van der Waals surface area contributed by atoms with Gasteiger partial charge < -0.3 is 10.0 Å². The summed E-state index contributed by atoms with van der Waals surface area (Å²) in [4.78, 5) is 23.9. The van der Waals surface area contributed by atoms with Gasteiger partial charge in [-0.2, -0.15) is 0 Å². The zero-order valence-electron chi connectivity index (χ0n) is 8.69. The largest absolute Gasteiger partial charge is 0.481 e. The summed E-state index contributed by atoms with van der Waals surface area (Å²) >= 11 is 3.22. The molecule has 0 aliphatic carbocycles. The van der Waals surface area contributed by atoms with Crippen LogP contribution in [0.3, 0.4) is 0 Å². The van der Waals surface area contributed by atoms with E-state index in [1.807, 2.05) is 0 Å². The van der Waals surface area contributed by atoms with Crippen LogP contribution in [0.25, 0.3) is 0 Å². The number of halogens is 2. The Bertz CT molecular complexity index is 492. The predicted octanol–water partition coefficient (Wildman–Crippen LogP) is 2.03. The van der Waals surface area contributed by atoms with Crippen molar-refractivity contribution in [3.8, 4) is 0 Å². The molecule has 1 aromatic carbocycles. The lowest BCUT2D eigenvalue weighted by molar-refractivity contribution is -0.144. The third kappa shape index (κ3) is 2.17. The number of rotatable bonds is 2. The maximum absolute atomic E-state index is 13.1. The second kappa shape index (κ2) is 4.44. The Balaban J connectivity index is 2.33. The van der Waals surface area contributed by atoms with E-state index in [0.29, 0.717) is 10.2 Å². The normalized spacial score (nSPS) is 19.8. The highest BCUT2D eigenvalue weighted by atomic mass is 79.9. The minimum absolute atomic E-state index is 0.247. The number of hydrogen-bond donors (Lipinski definition) is 1. The predicted molar refractivity (Wildman–Crippen MR) is 62.2 cm³/mol. The van der Waals surface area contributed by atoms with Gasteiger partial charge in [-0.15, -0.1) is 0 Å². The van der Waals surface area contributed by atoms with E-state index in [0.717, 1.165) is 0 Å². The van der Waals surface area contributed by atoms with Crippen molar-refractivity contribution in [2.75, 3.05) is 11.4 Å². The molecule has 90 valence electrons. The van der Waals surface area contributed by atoms with E-state index in [-0.39, 0.29) is 13.0 Å². The molecular weight excluding hydrogens is 293 g/mol. The molecule has 2 rings (SSSR count). The van der Waals surface area contributed by atoms with Gasteiger partial charge in [-0.3, -0.25) is 9.59 Å². The molecule has 1 amide bonds. The smallest absolute Gasteiger partial charge is 0.316 e. The van der Waals surface area contributed by atoms with Crippen molar-refractivity contribution in [3.63, 3.8) is 0 Å². The van der Waals surface area contributed by atoms with Crippen LogP contribution >= 0.6 is 15.9 Å². The lowest BCUT2D eigenvalue weighted by atomic mass is 10.1. The minimum atomic E-state index is -1.13. The van der Waals surface area contributed by atoms with Crippen molar-refractivity contribution in [3.05, 3.63) is 28.5 Å². The monoisotopic (exact) mass is 301 g/mol. The minimum Gasteiger partial charge on any atom is -0.481 e. The van der Waals surface area contributed by atoms with Gasteiger partial charge in [0.05, 0.1) is 5.69 Å². The Labute approximate surface area is 105 Å². The van der Waals surface area contributed by atoms with E-state index in [4.69, 9.17) is 5.11 Å². The van der Waals surface area contributed by atoms with Gasteiger partial charge in [0.15, 0.2) is 0 Å². The maximum atomic E-state index is 13.1. The third-order valence-electron chi connectivity index (χ3n) is 2.70. The van der Waals surface area contributed by atoms with Gasteiger partial charge >= 0.3 is 5.97 Å². The average molecular weight is 302 g/mol. The molecule has 0 aromatic heterocycles. The van der Waals surface area contributed by atoms with Gasteiger partial charge in [0, 0.05) is 11.0 Å². The highest BCUT2D eigenvalue weighted by Crippen LogP contribution is 2.32. The summed E-state index contributed by atoms with van der Waals surface area (Å²) < 4.78 is 13.7. The molecule has 1 aromatic rings. The fourth-order valence-electron chi connectivity index (χ4n) is 1.84. The van der Waals surface area contributed by atoms with E-state index in [1.165, 1.54) is 23.1 Å². The van der Waals surface area contributed by atoms with Crippen molar-refractivity contribution in [2.24, 2.45) is 5.92 Å². The van der Waals surface area contributed by atoms with Gasteiger partial charge in [-0.25, -0.2) is 4.39 Å². The molecule has 1 saturated heterocycles. The molecule has 1 N–H and O–H groups in total. The summed E-state index contributed by atoms with van der Waals surface area (Å²) in [5.41, 5.74) is 0.374. The van der Waals surface area contributed by atoms with Crippen LogP contribution in [0, 0.1) is 11.7 Å². The lowest BCUT2D eigenvalue weighted by Crippen LogP contribution is -2.30. The van der Waals surface area contributed by atoms with E-state index in [1.54, 1.807) is 0 Å². The number of benzene rings is 1. The number of carboxylic acids is 1. The fraction of sp³-hybridized carbons (Fsp3) is 0.273. The van der Waals surface area contributed by atoms with Gasteiger partial charge in [-0.1, -0.05) is 0 Å². The van der Waals surface area contributed by atoms with Crippen molar-refractivity contribution in [1.82, 2.24) is 0 Å². The fourth-order valence-corrected chi connectivity index (χ4v) is 2.30. The second-order valence-electron chi connectivity index (χ2n) is 3.77. The van der Waals surface area contributed by atoms with Gasteiger partial charge in [0.25, 0.3) is 0 Å². The molecule has 0 radical (unpaired) electrons. The molecule has 1 aliphatic rings. The summed E-state index contributed by atoms with van der Waals surface area (Å²) in [5.74, 6) is -3.12. The molecular formula is C11H9BrFNO3. The van der Waals surface area contributed by atoms with Crippen LogP contribution in [0.2, 0.25) is 0 Å². The van der Waals surface area contributed by atoms with Crippen LogP contribution in [-0.4, -0.2) is 23.5 Å². The number of anilines is 1. The quantitative estimate of drug-likeness (QED) is 0.850. The maximum Gasteiger partial charge on any atom is 0.316 e. The van der Waals surface area contributed by atoms with Crippen LogP contribution in [0.4, 0.5) is 10.1 Å². The Morgan fingerprint density at radius 2 is 2.24 bits per heavy atom. The van der Waals surface area contributed by atoms with Crippen molar-refractivity contribution in [1.29, 1.82) is 0 Å². The highest BCUT2D eigenvalue weighted by Gasteiger charge is 2.38. The number of carboxylic acid groups (broad SMARTS) is 1. The topological polar surface area (TPSA) is 57.6 Å². The number of amides is 1. The summed E-state index contributed by atoms with van der Waals surface area (Å²) in [5, 5.41) is 8.84. The second-order valence-corrected chi connectivity index (χ2v) is 4.62. The molecule has 17 heavy (non-hydrogen) atoms. The first-order valence-corrected chi connectivity index (χ1v) is 5.79. The zero-order chi connectivity index (χ0) is 12.6. The Morgan fingerprint density at radius 1 is 1.53 bits per heavy atom. The van der Waals surface area contributed by atoms with Crippen molar-refractivity contribution >= 4 is 33.5 Å². The van der Waals surface area contributed by atoms with E-state index >= 15 is 0 Å². The standard InChI is InChI=1S/C11H9BrFNO3/c12-8-2-1-6(13)5-9(8)14-4-3-7(10(14)15)11(16)17/h1-2,5,7H,3-4H2,(H,16,17). The molecule has 0 spiro atoms. The molecule has 0 saturated carbocycles. The molecule has 1 aliphatic heterocycles. The summed E-state index contributed by atoms with van der Waals surface area (Å²) in [6, 6.07) is 3.97. The molecule has 1 heterocycles.